The van der Waals surface area contributed by atoms with E-state index in [2.05, 4.69) is 22.2 Å². The fourth-order valence-electron chi connectivity index (χ4n) is 4.18. The lowest BCUT2D eigenvalue weighted by Gasteiger charge is -2.29. The van der Waals surface area contributed by atoms with Gasteiger partial charge in [0.25, 0.3) is 5.91 Å². The van der Waals surface area contributed by atoms with Crippen LogP contribution in [-0.2, 0) is 22.7 Å². The second kappa shape index (κ2) is 7.61. The molecular formula is C19H24N4O3S. The summed E-state index contributed by atoms with van der Waals surface area (Å²) in [6, 6.07) is 5.70. The Morgan fingerprint density at radius 1 is 1.26 bits per heavy atom. The zero-order valence-corrected chi connectivity index (χ0v) is 16.1. The van der Waals surface area contributed by atoms with Gasteiger partial charge in [-0.05, 0) is 23.8 Å². The normalized spacial score (nSPS) is 27.8. The largest absolute Gasteiger partial charge is 0.322 e. The van der Waals surface area contributed by atoms with Gasteiger partial charge in [-0.2, -0.15) is 11.8 Å². The quantitative estimate of drug-likeness (QED) is 0.626. The van der Waals surface area contributed by atoms with Crippen LogP contribution >= 0.6 is 11.8 Å². The van der Waals surface area contributed by atoms with Gasteiger partial charge in [0.1, 0.15) is 6.04 Å². The summed E-state index contributed by atoms with van der Waals surface area (Å²) in [5.41, 5.74) is 2.63. The molecular weight excluding hydrogens is 364 g/mol. The van der Waals surface area contributed by atoms with Crippen LogP contribution in [0.15, 0.2) is 18.2 Å². The Morgan fingerprint density at radius 3 is 2.89 bits per heavy atom. The Labute approximate surface area is 162 Å². The Hall–Kier alpha value is -1.90. The van der Waals surface area contributed by atoms with Crippen LogP contribution in [0.3, 0.4) is 0 Å². The highest BCUT2D eigenvalue weighted by Gasteiger charge is 2.40. The first kappa shape index (κ1) is 18.5. The number of carbonyl (C=O) groups is 3. The van der Waals surface area contributed by atoms with E-state index in [0.29, 0.717) is 36.4 Å². The first-order valence-corrected chi connectivity index (χ1v) is 10.6. The maximum Gasteiger partial charge on any atom is 0.255 e. The number of benzene rings is 1. The Kier molecular flexibility index (Phi) is 5.21. The van der Waals surface area contributed by atoms with Gasteiger partial charge in [0, 0.05) is 49.5 Å². The number of hydrogen-bond acceptors (Lipinski definition) is 6. The van der Waals surface area contributed by atoms with E-state index in [1.165, 1.54) is 0 Å². The predicted octanol–water partition coefficient (Wildman–Crippen LogP) is 0.241. The molecule has 8 heteroatoms. The van der Waals surface area contributed by atoms with Crippen molar-refractivity contribution in [2.75, 3.05) is 19.3 Å². The summed E-state index contributed by atoms with van der Waals surface area (Å²) >= 11 is 1.85. The third-order valence-electron chi connectivity index (χ3n) is 5.65. The molecule has 3 atom stereocenters. The number of thioether (sulfide) groups is 1. The van der Waals surface area contributed by atoms with Crippen molar-refractivity contribution in [3.8, 4) is 0 Å². The molecule has 3 aliphatic heterocycles. The summed E-state index contributed by atoms with van der Waals surface area (Å²) in [6.07, 6.45) is 2.78. The van der Waals surface area contributed by atoms with E-state index in [1.807, 2.05) is 30.0 Å². The molecule has 0 aromatic heterocycles. The van der Waals surface area contributed by atoms with Crippen LogP contribution in [0.2, 0.25) is 0 Å². The number of fused-ring (bicyclic) bond motifs is 1. The molecule has 27 heavy (non-hydrogen) atoms. The summed E-state index contributed by atoms with van der Waals surface area (Å²) in [5.74, 6) is -0.742. The van der Waals surface area contributed by atoms with Gasteiger partial charge in [-0.3, -0.25) is 19.7 Å². The zero-order valence-electron chi connectivity index (χ0n) is 15.3. The van der Waals surface area contributed by atoms with Crippen molar-refractivity contribution in [2.24, 2.45) is 0 Å². The van der Waals surface area contributed by atoms with Crippen molar-refractivity contribution in [3.05, 3.63) is 34.9 Å². The summed E-state index contributed by atoms with van der Waals surface area (Å²) in [7, 11) is 0. The monoisotopic (exact) mass is 388 g/mol. The second-order valence-corrected chi connectivity index (χ2v) is 8.35. The molecule has 2 fully saturated rings. The van der Waals surface area contributed by atoms with Crippen LogP contribution in [0, 0.1) is 0 Å². The number of amides is 3. The molecule has 3 aliphatic rings. The minimum Gasteiger partial charge on any atom is -0.322 e. The average molecular weight is 388 g/mol. The van der Waals surface area contributed by atoms with Gasteiger partial charge < -0.3 is 15.5 Å². The molecule has 0 radical (unpaired) electrons. The van der Waals surface area contributed by atoms with Gasteiger partial charge >= 0.3 is 0 Å². The van der Waals surface area contributed by atoms with E-state index < -0.39 is 6.04 Å². The van der Waals surface area contributed by atoms with Crippen molar-refractivity contribution in [1.82, 2.24) is 20.9 Å². The van der Waals surface area contributed by atoms with E-state index in [1.54, 1.807) is 4.90 Å². The lowest BCUT2D eigenvalue weighted by atomic mass is 10.0. The van der Waals surface area contributed by atoms with Crippen molar-refractivity contribution < 1.29 is 14.4 Å². The highest BCUT2D eigenvalue weighted by Crippen LogP contribution is 2.30. The number of piperidine rings is 1. The standard InChI is InChI=1S/C19H24N4O3S/c1-27-15-9-20-8-13(15)21-7-11-3-2-4-12-10-23(19(26)17(11)12)14-5-6-16(24)22-18(14)25/h2-4,13-15,20-21H,5-10H2,1H3,(H,22,24,25)/t13-,14?,15-/m1/s1. The van der Waals surface area contributed by atoms with Crippen molar-refractivity contribution in [3.63, 3.8) is 0 Å². The van der Waals surface area contributed by atoms with Gasteiger partial charge in [0.2, 0.25) is 11.8 Å². The molecule has 0 bridgehead atoms. The van der Waals surface area contributed by atoms with E-state index in [0.717, 1.165) is 24.2 Å². The molecule has 2 saturated heterocycles. The smallest absolute Gasteiger partial charge is 0.255 e. The van der Waals surface area contributed by atoms with Crippen LogP contribution in [0.4, 0.5) is 0 Å². The molecule has 1 aromatic carbocycles. The summed E-state index contributed by atoms with van der Waals surface area (Å²) in [4.78, 5) is 38.3. The van der Waals surface area contributed by atoms with Gasteiger partial charge in [0.05, 0.1) is 0 Å². The first-order chi connectivity index (χ1) is 13.1. The number of rotatable bonds is 5. The van der Waals surface area contributed by atoms with E-state index >= 15 is 0 Å². The fraction of sp³-hybridized carbons (Fsp3) is 0.526. The maximum absolute atomic E-state index is 13.1. The molecule has 4 rings (SSSR count). The highest BCUT2D eigenvalue weighted by molar-refractivity contribution is 7.99. The van der Waals surface area contributed by atoms with Crippen molar-refractivity contribution in [2.45, 2.75) is 43.3 Å². The van der Waals surface area contributed by atoms with Crippen LogP contribution in [0.25, 0.3) is 0 Å². The summed E-state index contributed by atoms with van der Waals surface area (Å²) in [5, 5.41) is 9.85. The Bertz CT molecular complexity index is 784. The molecule has 0 saturated carbocycles. The molecule has 1 aromatic rings. The van der Waals surface area contributed by atoms with E-state index in [9.17, 15) is 14.4 Å². The zero-order chi connectivity index (χ0) is 19.0. The number of imide groups is 1. The molecule has 3 amide bonds. The van der Waals surface area contributed by atoms with Crippen LogP contribution < -0.4 is 16.0 Å². The van der Waals surface area contributed by atoms with Gasteiger partial charge in [-0.25, -0.2) is 0 Å². The molecule has 1 unspecified atom stereocenters. The lowest BCUT2D eigenvalue weighted by Crippen LogP contribution is -2.52. The van der Waals surface area contributed by atoms with E-state index in [4.69, 9.17) is 0 Å². The van der Waals surface area contributed by atoms with Gasteiger partial charge in [-0.1, -0.05) is 18.2 Å². The first-order valence-electron chi connectivity index (χ1n) is 9.31. The summed E-state index contributed by atoms with van der Waals surface area (Å²) < 4.78 is 0. The molecule has 0 spiro atoms. The predicted molar refractivity (Wildman–Crippen MR) is 103 cm³/mol. The Morgan fingerprint density at radius 2 is 2.11 bits per heavy atom. The number of carbonyl (C=O) groups excluding carboxylic acids is 3. The van der Waals surface area contributed by atoms with Crippen LogP contribution in [0.5, 0.6) is 0 Å². The molecule has 3 N–H and O–H groups in total. The maximum atomic E-state index is 13.1. The van der Waals surface area contributed by atoms with Gasteiger partial charge in [-0.15, -0.1) is 0 Å². The van der Waals surface area contributed by atoms with Crippen LogP contribution in [-0.4, -0.2) is 59.3 Å². The second-order valence-electron chi connectivity index (χ2n) is 7.27. The van der Waals surface area contributed by atoms with Gasteiger partial charge in [0.15, 0.2) is 0 Å². The van der Waals surface area contributed by atoms with Crippen molar-refractivity contribution in [1.29, 1.82) is 0 Å². The van der Waals surface area contributed by atoms with Crippen LogP contribution in [0.1, 0.15) is 34.3 Å². The molecule has 7 nitrogen and oxygen atoms in total. The minimum absolute atomic E-state index is 0.108. The lowest BCUT2D eigenvalue weighted by molar-refractivity contribution is -0.136. The molecule has 0 aliphatic carbocycles. The average Bonchev–Trinajstić information content (AvgIpc) is 3.24. The third kappa shape index (κ3) is 3.49. The fourth-order valence-corrected chi connectivity index (χ4v) is 4.99. The molecule has 144 valence electrons. The van der Waals surface area contributed by atoms with E-state index in [-0.39, 0.29) is 24.1 Å². The summed E-state index contributed by atoms with van der Waals surface area (Å²) in [6.45, 7) is 2.97. The number of nitrogens with one attached hydrogen (secondary N) is 3. The number of nitrogens with zero attached hydrogens (tertiary/aromatic N) is 1. The van der Waals surface area contributed by atoms with Crippen molar-refractivity contribution >= 4 is 29.5 Å². The molecule has 3 heterocycles. The SMILES string of the molecule is CS[C@@H]1CNC[C@H]1NCc1cccc2c1C(=O)N(C1CCC(=O)NC1=O)C2. The number of hydrogen-bond donors (Lipinski definition) is 3. The highest BCUT2D eigenvalue weighted by atomic mass is 32.2. The minimum atomic E-state index is -0.566. The topological polar surface area (TPSA) is 90.5 Å². The third-order valence-corrected chi connectivity index (χ3v) is 6.76. The Balaban J connectivity index is 1.50.